The second-order valence-electron chi connectivity index (χ2n) is 5.22. The molecule has 1 aromatic carbocycles. The maximum Gasteiger partial charge on any atom is 0.161 e. The molecule has 1 saturated heterocycles. The van der Waals surface area contributed by atoms with Crippen molar-refractivity contribution in [3.8, 4) is 29.7 Å². The lowest BCUT2D eigenvalue weighted by molar-refractivity contribution is 0.354. The molecule has 1 aromatic rings. The molecule has 3 N–H and O–H groups in total. The average Bonchev–Trinajstić information content (AvgIpc) is 2.74. The first-order valence-corrected chi connectivity index (χ1v) is 8.10. The van der Waals surface area contributed by atoms with Gasteiger partial charge in [-0.1, -0.05) is 0 Å². The van der Waals surface area contributed by atoms with Crippen LogP contribution in [0.15, 0.2) is 35.4 Å². The molecule has 8 heteroatoms. The molecule has 0 aliphatic carbocycles. The second kappa shape index (κ2) is 11.9. The topological polar surface area (TPSA) is 134 Å². The maximum absolute atomic E-state index is 10.0. The maximum atomic E-state index is 10.0. The van der Waals surface area contributed by atoms with Crippen molar-refractivity contribution < 1.29 is 14.6 Å². The number of hydrogen-bond acceptors (Lipinski definition) is 8. The largest absolute Gasteiger partial charge is 0.507 e. The number of piperazine rings is 1. The summed E-state index contributed by atoms with van der Waals surface area (Å²) in [6.45, 7) is 4.56. The molecule has 1 aliphatic rings. The summed E-state index contributed by atoms with van der Waals surface area (Å²) in [6, 6.07) is 9.55. The fraction of sp³-hybridized carbons (Fsp3) is 0.316. The van der Waals surface area contributed by atoms with E-state index in [2.05, 4.69) is 10.6 Å². The first-order valence-electron chi connectivity index (χ1n) is 8.10. The number of nitrogens with one attached hydrogen (secondary N) is 2. The highest BCUT2D eigenvalue weighted by Gasteiger charge is 2.09. The van der Waals surface area contributed by atoms with Crippen molar-refractivity contribution in [1.82, 2.24) is 10.6 Å². The second-order valence-corrected chi connectivity index (χ2v) is 5.22. The Kier molecular flexibility index (Phi) is 9.52. The summed E-state index contributed by atoms with van der Waals surface area (Å²) in [5, 5.41) is 42.8. The van der Waals surface area contributed by atoms with E-state index >= 15 is 0 Å². The molecule has 0 amide bonds. The van der Waals surface area contributed by atoms with E-state index in [4.69, 9.17) is 25.3 Å². The van der Waals surface area contributed by atoms with Gasteiger partial charge in [0.15, 0.2) is 11.5 Å². The number of aliphatic hydroxyl groups excluding tert-OH is 1. The van der Waals surface area contributed by atoms with E-state index in [0.29, 0.717) is 17.1 Å². The van der Waals surface area contributed by atoms with Gasteiger partial charge < -0.3 is 25.2 Å². The zero-order valence-electron chi connectivity index (χ0n) is 15.2. The lowest BCUT2D eigenvalue weighted by Crippen LogP contribution is -2.39. The molecule has 140 valence electrons. The standard InChI is InChI=1S/C15H11N3O3.C4H10N2/c1-20-14-4-3-10(6-15(14)21-2)13(19)5-11(7-16)12(8-17)9-18;1-2-6-4-3-5-1/h3-6,19H,1-2H3;5-6H,1-4H2/b13-5-;. The molecule has 8 nitrogen and oxygen atoms in total. The molecular formula is C19H21N5O3. The first kappa shape index (κ1) is 21.5. The van der Waals surface area contributed by atoms with E-state index in [1.165, 1.54) is 20.3 Å². The number of nitriles is 3. The molecule has 0 saturated carbocycles. The summed E-state index contributed by atoms with van der Waals surface area (Å²) in [7, 11) is 2.93. The third kappa shape index (κ3) is 6.72. The Balaban J connectivity index is 0.000000511. The van der Waals surface area contributed by atoms with Gasteiger partial charge in [-0.2, -0.15) is 15.8 Å². The minimum Gasteiger partial charge on any atom is -0.507 e. The van der Waals surface area contributed by atoms with Crippen LogP contribution in [-0.4, -0.2) is 45.5 Å². The lowest BCUT2D eigenvalue weighted by Gasteiger charge is -2.11. The lowest BCUT2D eigenvalue weighted by atomic mass is 10.1. The molecule has 0 atom stereocenters. The summed E-state index contributed by atoms with van der Waals surface area (Å²) in [6.07, 6.45) is 1.06. The van der Waals surface area contributed by atoms with Crippen LogP contribution in [0.2, 0.25) is 0 Å². The third-order valence-electron chi connectivity index (χ3n) is 3.53. The average molecular weight is 367 g/mol. The highest BCUT2D eigenvalue weighted by Crippen LogP contribution is 2.30. The molecule has 0 bridgehead atoms. The third-order valence-corrected chi connectivity index (χ3v) is 3.53. The van der Waals surface area contributed by atoms with Crippen LogP contribution >= 0.6 is 0 Å². The van der Waals surface area contributed by atoms with Crippen molar-refractivity contribution in [1.29, 1.82) is 15.8 Å². The molecule has 2 rings (SSSR count). The monoisotopic (exact) mass is 367 g/mol. The van der Waals surface area contributed by atoms with Crippen LogP contribution in [-0.2, 0) is 0 Å². The Morgan fingerprint density at radius 1 is 0.963 bits per heavy atom. The minimum absolute atomic E-state index is 0.215. The van der Waals surface area contributed by atoms with Crippen molar-refractivity contribution in [2.45, 2.75) is 0 Å². The van der Waals surface area contributed by atoms with Gasteiger partial charge in [0.2, 0.25) is 0 Å². The summed E-state index contributed by atoms with van der Waals surface area (Å²) >= 11 is 0. The van der Waals surface area contributed by atoms with Gasteiger partial charge in [0.05, 0.1) is 19.8 Å². The molecule has 0 unspecified atom stereocenters. The Labute approximate surface area is 158 Å². The van der Waals surface area contributed by atoms with Gasteiger partial charge in [-0.25, -0.2) is 0 Å². The zero-order valence-corrected chi connectivity index (χ0v) is 15.2. The minimum atomic E-state index is -0.371. The van der Waals surface area contributed by atoms with Crippen LogP contribution in [0.25, 0.3) is 5.76 Å². The summed E-state index contributed by atoms with van der Waals surface area (Å²) in [5.41, 5.74) is -0.229. The van der Waals surface area contributed by atoms with Crippen molar-refractivity contribution in [3.05, 3.63) is 41.0 Å². The van der Waals surface area contributed by atoms with Gasteiger partial charge >= 0.3 is 0 Å². The Hall–Kier alpha value is -3.51. The quantitative estimate of drug-likeness (QED) is 0.415. The van der Waals surface area contributed by atoms with Gasteiger partial charge in [-0.15, -0.1) is 0 Å². The van der Waals surface area contributed by atoms with E-state index in [9.17, 15) is 5.11 Å². The molecule has 0 aromatic heterocycles. The number of nitrogens with zero attached hydrogens (tertiary/aromatic N) is 3. The van der Waals surface area contributed by atoms with Gasteiger partial charge in [0, 0.05) is 37.8 Å². The number of methoxy groups -OCH3 is 2. The van der Waals surface area contributed by atoms with Gasteiger partial charge in [-0.3, -0.25) is 0 Å². The highest BCUT2D eigenvalue weighted by molar-refractivity contribution is 5.68. The smallest absolute Gasteiger partial charge is 0.161 e. The first-order chi connectivity index (χ1) is 13.1. The van der Waals surface area contributed by atoms with Crippen LogP contribution in [0, 0.1) is 34.0 Å². The summed E-state index contributed by atoms with van der Waals surface area (Å²) < 4.78 is 10.2. The van der Waals surface area contributed by atoms with Gasteiger partial charge in [0.1, 0.15) is 29.5 Å². The van der Waals surface area contributed by atoms with Crippen LogP contribution in [0.1, 0.15) is 5.56 Å². The van der Waals surface area contributed by atoms with E-state index in [-0.39, 0.29) is 16.9 Å². The Morgan fingerprint density at radius 2 is 1.52 bits per heavy atom. The fourth-order valence-corrected chi connectivity index (χ4v) is 2.12. The number of hydrogen-bond donors (Lipinski definition) is 3. The molecule has 1 aliphatic heterocycles. The molecule has 0 radical (unpaired) electrons. The summed E-state index contributed by atoms with van der Waals surface area (Å²) in [5.74, 6) is 0.619. The van der Waals surface area contributed by atoms with Crippen LogP contribution in [0.3, 0.4) is 0 Å². The van der Waals surface area contributed by atoms with E-state index in [0.717, 1.165) is 32.3 Å². The van der Waals surface area contributed by atoms with E-state index in [1.54, 1.807) is 30.3 Å². The number of benzene rings is 1. The normalized spacial score (nSPS) is 12.9. The molecular weight excluding hydrogens is 346 g/mol. The van der Waals surface area contributed by atoms with Crippen LogP contribution < -0.4 is 20.1 Å². The zero-order chi connectivity index (χ0) is 20.1. The predicted molar refractivity (Wildman–Crippen MR) is 99.8 cm³/mol. The van der Waals surface area contributed by atoms with Crippen LogP contribution in [0.5, 0.6) is 11.5 Å². The fourth-order valence-electron chi connectivity index (χ4n) is 2.12. The molecule has 27 heavy (non-hydrogen) atoms. The van der Waals surface area contributed by atoms with E-state index in [1.807, 2.05) is 0 Å². The molecule has 0 spiro atoms. The summed E-state index contributed by atoms with van der Waals surface area (Å²) in [4.78, 5) is 0. The van der Waals surface area contributed by atoms with Crippen molar-refractivity contribution >= 4 is 5.76 Å². The van der Waals surface area contributed by atoms with Crippen molar-refractivity contribution in [2.75, 3.05) is 40.4 Å². The SMILES string of the molecule is C1CNCCN1.COc1ccc(/C(O)=C/C(C#N)=C(C#N)C#N)cc1OC. The predicted octanol–water partition coefficient (Wildman–Crippen LogP) is 1.65. The van der Waals surface area contributed by atoms with Crippen LogP contribution in [0.4, 0.5) is 0 Å². The molecule has 1 heterocycles. The number of ether oxygens (including phenoxy) is 2. The van der Waals surface area contributed by atoms with Gasteiger partial charge in [-0.05, 0) is 18.2 Å². The Morgan fingerprint density at radius 3 is 1.93 bits per heavy atom. The van der Waals surface area contributed by atoms with Crippen molar-refractivity contribution in [3.63, 3.8) is 0 Å². The molecule has 1 fully saturated rings. The Bertz CT molecular complexity index is 794. The van der Waals surface area contributed by atoms with Crippen molar-refractivity contribution in [2.24, 2.45) is 0 Å². The van der Waals surface area contributed by atoms with Gasteiger partial charge in [0.25, 0.3) is 0 Å². The number of rotatable bonds is 4. The van der Waals surface area contributed by atoms with E-state index < -0.39 is 0 Å². The number of aliphatic hydroxyl groups is 1. The highest BCUT2D eigenvalue weighted by atomic mass is 16.5. The number of allylic oxidation sites excluding steroid dienone is 3.